The number of rotatable bonds is 9. The Morgan fingerprint density at radius 1 is 1.03 bits per heavy atom. The number of fused-ring (bicyclic) bond motifs is 2. The van der Waals surface area contributed by atoms with Crippen molar-refractivity contribution in [1.82, 2.24) is 0 Å². The van der Waals surface area contributed by atoms with Crippen LogP contribution in [0, 0.1) is 11.3 Å². The van der Waals surface area contributed by atoms with Crippen molar-refractivity contribution in [3.05, 3.63) is 42.2 Å². The molecule has 0 amide bonds. The number of halogens is 1. The number of alkyl halides is 1. The molecule has 3 rings (SSSR count). The maximum atomic E-state index is 14.1. The number of sulfone groups is 1. The Bertz CT molecular complexity index is 1090. The van der Waals surface area contributed by atoms with E-state index in [0.717, 1.165) is 0 Å². The molecule has 1 fully saturated rings. The Morgan fingerprint density at radius 3 is 2.06 bits per heavy atom. The lowest BCUT2D eigenvalue weighted by Crippen LogP contribution is -2.64. The lowest BCUT2D eigenvalue weighted by atomic mass is 9.62. The molecule has 0 radical (unpaired) electrons. The van der Waals surface area contributed by atoms with Gasteiger partial charge in [-0.25, -0.2) is 8.42 Å². The topological polar surface area (TPSA) is 86.7 Å². The summed E-state index contributed by atoms with van der Waals surface area (Å²) in [4.78, 5) is 27.7. The maximum absolute atomic E-state index is 14.1. The number of hydrogen-bond donors (Lipinski definition) is 0. The van der Waals surface area contributed by atoms with Crippen LogP contribution < -0.4 is 0 Å². The minimum absolute atomic E-state index is 0.00612. The van der Waals surface area contributed by atoms with Crippen LogP contribution in [0.25, 0.3) is 0 Å². The number of carbonyl (C=O) groups excluding carboxylic acids is 2. The summed E-state index contributed by atoms with van der Waals surface area (Å²) in [5, 5.41) is 0. The molecule has 3 atom stereocenters. The summed E-state index contributed by atoms with van der Waals surface area (Å²) in [6.07, 6.45) is 1.34. The molecule has 35 heavy (non-hydrogen) atoms. The molecule has 2 aliphatic carbocycles. The van der Waals surface area contributed by atoms with Crippen LogP contribution in [0.1, 0.15) is 54.4 Å². The maximum Gasteiger partial charge on any atom is 0.217 e. The van der Waals surface area contributed by atoms with Gasteiger partial charge in [-0.1, -0.05) is 71.3 Å². The summed E-state index contributed by atoms with van der Waals surface area (Å²) >= 11 is 6.75. The quantitative estimate of drug-likeness (QED) is 0.296. The molecule has 0 aliphatic heterocycles. The Kier molecular flexibility index (Phi) is 7.84. The van der Waals surface area contributed by atoms with Crippen molar-refractivity contribution in [1.29, 1.82) is 0 Å². The lowest BCUT2D eigenvalue weighted by molar-refractivity contribution is -0.148. The van der Waals surface area contributed by atoms with Crippen molar-refractivity contribution in [2.75, 3.05) is 13.7 Å². The van der Waals surface area contributed by atoms with E-state index in [4.69, 9.17) is 20.8 Å². The van der Waals surface area contributed by atoms with E-state index >= 15 is 0 Å². The zero-order chi connectivity index (χ0) is 26.4. The van der Waals surface area contributed by atoms with Crippen LogP contribution in [0.3, 0.4) is 0 Å². The average Bonchev–Trinajstić information content (AvgIpc) is 2.79. The number of allylic oxidation sites excluding steroid dienone is 1. The molecule has 1 aromatic carbocycles. The molecule has 6 nitrogen and oxygen atoms in total. The van der Waals surface area contributed by atoms with Gasteiger partial charge in [0.05, 0.1) is 24.5 Å². The SMILES string of the molecule is COC1=CC[C@H]2C(=O)[C@]1(CO[Si](C(C)C)(C(C)C)C(C)C)CC(=O)[C@@]2(Cl)S(=O)(=O)c1ccccc1. The van der Waals surface area contributed by atoms with Gasteiger partial charge in [-0.05, 0) is 41.3 Å². The van der Waals surface area contributed by atoms with Crippen LogP contribution >= 0.6 is 11.6 Å². The second kappa shape index (κ2) is 9.76. The Morgan fingerprint density at radius 2 is 1.57 bits per heavy atom. The average molecular weight is 541 g/mol. The number of hydrogen-bond acceptors (Lipinski definition) is 6. The van der Waals surface area contributed by atoms with Gasteiger partial charge in [0.2, 0.25) is 14.0 Å². The standard InChI is InChI=1S/C26H37ClO6SSi/c1-17(2)35(18(3)4,19(5)6)33-16-25-15-22(28)26(27,21(24(25)29)13-14-23(25)32-7)34(30,31)20-11-9-8-10-12-20/h8-12,14,17-19,21H,13,15-16H2,1-7H3/t21-,25-,26-/m0/s1. The molecule has 194 valence electrons. The van der Waals surface area contributed by atoms with Crippen molar-refractivity contribution in [2.45, 2.75) is 80.1 Å². The van der Waals surface area contributed by atoms with Gasteiger partial charge in [-0.2, -0.15) is 0 Å². The minimum atomic E-state index is -4.34. The van der Waals surface area contributed by atoms with Crippen LogP contribution in [0.4, 0.5) is 0 Å². The second-order valence-electron chi connectivity index (χ2n) is 10.7. The number of Topliss-reactive ketones (excluding diaryl/α,β-unsaturated/α-hetero) is 2. The van der Waals surface area contributed by atoms with E-state index in [0.29, 0.717) is 5.76 Å². The van der Waals surface area contributed by atoms with E-state index in [1.807, 2.05) is 0 Å². The lowest BCUT2D eigenvalue weighted by Gasteiger charge is -2.50. The third kappa shape index (κ3) is 4.05. The number of ether oxygens (including phenoxy) is 1. The Labute approximate surface area is 215 Å². The van der Waals surface area contributed by atoms with Crippen LogP contribution in [-0.4, -0.2) is 46.2 Å². The van der Waals surface area contributed by atoms with Gasteiger partial charge in [0.1, 0.15) is 11.2 Å². The first-order chi connectivity index (χ1) is 16.2. The highest BCUT2D eigenvalue weighted by atomic mass is 35.5. The molecule has 0 unspecified atom stereocenters. The molecule has 0 heterocycles. The highest BCUT2D eigenvalue weighted by molar-refractivity contribution is 7.95. The largest absolute Gasteiger partial charge is 0.500 e. The predicted molar refractivity (Wildman–Crippen MR) is 139 cm³/mol. The highest BCUT2D eigenvalue weighted by Crippen LogP contribution is 2.55. The minimum Gasteiger partial charge on any atom is -0.500 e. The highest BCUT2D eigenvalue weighted by Gasteiger charge is 2.68. The zero-order valence-corrected chi connectivity index (χ0v) is 24.2. The van der Waals surface area contributed by atoms with Crippen molar-refractivity contribution in [2.24, 2.45) is 11.3 Å². The van der Waals surface area contributed by atoms with Crippen LogP contribution in [0.5, 0.6) is 0 Å². The molecule has 1 saturated carbocycles. The summed E-state index contributed by atoms with van der Waals surface area (Å²) in [5.74, 6) is -1.96. The van der Waals surface area contributed by atoms with E-state index in [9.17, 15) is 18.0 Å². The van der Waals surface area contributed by atoms with Crippen LogP contribution in [0.15, 0.2) is 47.1 Å². The smallest absolute Gasteiger partial charge is 0.217 e. The third-order valence-corrected chi connectivity index (χ3v) is 17.4. The van der Waals surface area contributed by atoms with E-state index in [2.05, 4.69) is 41.5 Å². The van der Waals surface area contributed by atoms with Crippen molar-refractivity contribution in [3.63, 3.8) is 0 Å². The van der Waals surface area contributed by atoms with Crippen molar-refractivity contribution < 1.29 is 27.2 Å². The fraction of sp³-hybridized carbons (Fsp3) is 0.615. The first kappa shape index (κ1) is 28.1. The molecular formula is C26H37ClO6SSi. The predicted octanol–water partition coefficient (Wildman–Crippen LogP) is 5.67. The fourth-order valence-corrected chi connectivity index (χ4v) is 14.2. The fourth-order valence-electron chi connectivity index (χ4n) is 6.39. The molecule has 1 aromatic rings. The van der Waals surface area contributed by atoms with Gasteiger partial charge in [-0.3, -0.25) is 9.59 Å². The summed E-state index contributed by atoms with van der Waals surface area (Å²) < 4.78 is 37.3. The summed E-state index contributed by atoms with van der Waals surface area (Å²) in [6.45, 7) is 12.8. The van der Waals surface area contributed by atoms with Crippen LogP contribution in [0.2, 0.25) is 16.6 Å². The Hall–Kier alpha value is -1.48. The van der Waals surface area contributed by atoms with Gasteiger partial charge in [0.25, 0.3) is 0 Å². The Balaban J connectivity index is 2.10. The first-order valence-corrected chi connectivity index (χ1v) is 16.2. The summed E-state index contributed by atoms with van der Waals surface area (Å²) in [6, 6.07) is 7.61. The van der Waals surface area contributed by atoms with Gasteiger partial charge in [0.15, 0.2) is 19.9 Å². The van der Waals surface area contributed by atoms with Gasteiger partial charge in [-0.15, -0.1) is 0 Å². The zero-order valence-electron chi connectivity index (χ0n) is 21.6. The van der Waals surface area contributed by atoms with Crippen LogP contribution in [-0.2, 0) is 28.6 Å². The van der Waals surface area contributed by atoms with E-state index in [1.54, 1.807) is 24.3 Å². The second-order valence-corrected chi connectivity index (χ2v) is 19.1. The first-order valence-electron chi connectivity index (χ1n) is 12.2. The molecule has 0 aromatic heterocycles. The monoisotopic (exact) mass is 540 g/mol. The molecular weight excluding hydrogens is 504 g/mol. The molecule has 9 heteroatoms. The van der Waals surface area contributed by atoms with E-state index in [1.165, 1.54) is 19.2 Å². The van der Waals surface area contributed by atoms with E-state index < -0.39 is 45.3 Å². The molecule has 2 bridgehead atoms. The molecule has 0 spiro atoms. The number of ketones is 2. The van der Waals surface area contributed by atoms with E-state index in [-0.39, 0.29) is 41.0 Å². The molecule has 0 N–H and O–H groups in total. The molecule has 0 saturated heterocycles. The normalized spacial score (nSPS) is 27.5. The summed E-state index contributed by atoms with van der Waals surface area (Å²) in [5.41, 5.74) is -0.564. The van der Waals surface area contributed by atoms with Gasteiger partial charge < -0.3 is 9.16 Å². The number of benzene rings is 1. The van der Waals surface area contributed by atoms with Gasteiger partial charge >= 0.3 is 0 Å². The third-order valence-electron chi connectivity index (χ3n) is 8.03. The van der Waals surface area contributed by atoms with Gasteiger partial charge in [0, 0.05) is 6.42 Å². The van der Waals surface area contributed by atoms with Crippen molar-refractivity contribution >= 4 is 41.3 Å². The number of carbonyl (C=O) groups is 2. The number of methoxy groups -OCH3 is 1. The van der Waals surface area contributed by atoms with Crippen molar-refractivity contribution in [3.8, 4) is 0 Å². The molecule has 2 aliphatic rings. The summed E-state index contributed by atoms with van der Waals surface area (Å²) in [7, 11) is -5.26.